The molecule has 1 aromatic heterocycles. The molecule has 2 atom stereocenters. The highest BCUT2D eigenvalue weighted by Crippen LogP contribution is 2.43. The monoisotopic (exact) mass is 234 g/mol. The van der Waals surface area contributed by atoms with E-state index < -0.39 is 0 Å². The third-order valence-electron chi connectivity index (χ3n) is 4.27. The van der Waals surface area contributed by atoms with Gasteiger partial charge in [0.05, 0.1) is 5.69 Å². The second-order valence-corrected chi connectivity index (χ2v) is 5.85. The first-order valence-electron chi connectivity index (χ1n) is 6.80. The third kappa shape index (κ3) is 1.90. The normalized spacial score (nSPS) is 29.5. The standard InChI is InChI=1S/C13H22N4/c1-8-3-2-4-10(7-8)11-12(14)17(15)13(16-11)9-5-6-9/h8-10H,2-7,14-15H2,1H3. The summed E-state index contributed by atoms with van der Waals surface area (Å²) in [7, 11) is 0. The van der Waals surface area contributed by atoms with Crippen LogP contribution in [0.4, 0.5) is 5.82 Å². The van der Waals surface area contributed by atoms with Crippen molar-refractivity contribution >= 4 is 5.82 Å². The van der Waals surface area contributed by atoms with E-state index in [4.69, 9.17) is 16.6 Å². The molecule has 94 valence electrons. The van der Waals surface area contributed by atoms with Gasteiger partial charge in [0.25, 0.3) is 0 Å². The van der Waals surface area contributed by atoms with Crippen LogP contribution in [0.5, 0.6) is 0 Å². The summed E-state index contributed by atoms with van der Waals surface area (Å²) in [5.41, 5.74) is 7.19. The molecule has 3 rings (SSSR count). The molecular weight excluding hydrogens is 212 g/mol. The van der Waals surface area contributed by atoms with E-state index in [0.29, 0.717) is 17.7 Å². The first-order valence-corrected chi connectivity index (χ1v) is 6.80. The molecule has 0 amide bonds. The molecule has 17 heavy (non-hydrogen) atoms. The topological polar surface area (TPSA) is 69.9 Å². The first kappa shape index (κ1) is 10.9. The molecule has 2 aliphatic carbocycles. The molecular formula is C13H22N4. The van der Waals surface area contributed by atoms with Crippen LogP contribution in [0.25, 0.3) is 0 Å². The Morgan fingerprint density at radius 3 is 2.59 bits per heavy atom. The first-order chi connectivity index (χ1) is 8.16. The summed E-state index contributed by atoms with van der Waals surface area (Å²) < 4.78 is 1.63. The second kappa shape index (κ2) is 3.93. The van der Waals surface area contributed by atoms with Gasteiger partial charge in [-0.05, 0) is 31.6 Å². The van der Waals surface area contributed by atoms with Crippen molar-refractivity contribution in [3.8, 4) is 0 Å². The lowest BCUT2D eigenvalue weighted by atomic mass is 9.81. The molecule has 2 unspecified atom stereocenters. The predicted molar refractivity (Wildman–Crippen MR) is 69.1 cm³/mol. The molecule has 4 N–H and O–H groups in total. The van der Waals surface area contributed by atoms with Crippen LogP contribution in [-0.2, 0) is 0 Å². The number of hydrogen-bond donors (Lipinski definition) is 2. The van der Waals surface area contributed by atoms with Crippen LogP contribution < -0.4 is 11.6 Å². The van der Waals surface area contributed by atoms with Gasteiger partial charge in [-0.15, -0.1) is 0 Å². The van der Waals surface area contributed by atoms with Crippen LogP contribution in [0.1, 0.15) is 68.8 Å². The van der Waals surface area contributed by atoms with Gasteiger partial charge in [-0.25, -0.2) is 9.66 Å². The maximum atomic E-state index is 6.12. The Balaban J connectivity index is 1.88. The van der Waals surface area contributed by atoms with Gasteiger partial charge in [0.1, 0.15) is 11.6 Å². The number of aromatic nitrogens is 2. The predicted octanol–water partition coefficient (Wildman–Crippen LogP) is 2.35. The average molecular weight is 234 g/mol. The molecule has 0 spiro atoms. The van der Waals surface area contributed by atoms with Crippen LogP contribution in [0.15, 0.2) is 0 Å². The Labute approximate surface area is 102 Å². The van der Waals surface area contributed by atoms with Gasteiger partial charge in [0.2, 0.25) is 0 Å². The van der Waals surface area contributed by atoms with Crippen LogP contribution in [0.2, 0.25) is 0 Å². The Morgan fingerprint density at radius 2 is 1.94 bits per heavy atom. The fraction of sp³-hybridized carbons (Fsp3) is 0.769. The molecule has 0 aliphatic heterocycles. The van der Waals surface area contributed by atoms with Crippen molar-refractivity contribution in [3.05, 3.63) is 11.5 Å². The Hall–Kier alpha value is -1.19. The summed E-state index contributed by atoms with van der Waals surface area (Å²) in [6, 6.07) is 0. The highest BCUT2D eigenvalue weighted by molar-refractivity contribution is 5.42. The molecule has 2 aliphatic rings. The quantitative estimate of drug-likeness (QED) is 0.772. The molecule has 4 nitrogen and oxygen atoms in total. The fourth-order valence-corrected chi connectivity index (χ4v) is 3.09. The summed E-state index contributed by atoms with van der Waals surface area (Å²) in [6.45, 7) is 2.32. The smallest absolute Gasteiger partial charge is 0.146 e. The van der Waals surface area contributed by atoms with E-state index in [9.17, 15) is 0 Å². The third-order valence-corrected chi connectivity index (χ3v) is 4.27. The van der Waals surface area contributed by atoms with Crippen molar-refractivity contribution < 1.29 is 0 Å². The maximum Gasteiger partial charge on any atom is 0.146 e. The number of nitrogens with two attached hydrogens (primary N) is 2. The minimum absolute atomic E-state index is 0.529. The van der Waals surface area contributed by atoms with Gasteiger partial charge < -0.3 is 11.6 Å². The van der Waals surface area contributed by atoms with Gasteiger partial charge in [-0.2, -0.15) is 0 Å². The Kier molecular flexibility index (Phi) is 2.53. The van der Waals surface area contributed by atoms with E-state index >= 15 is 0 Å². The summed E-state index contributed by atoms with van der Waals surface area (Å²) in [4.78, 5) is 4.74. The van der Waals surface area contributed by atoms with Crippen LogP contribution in [-0.4, -0.2) is 9.66 Å². The highest BCUT2D eigenvalue weighted by atomic mass is 15.4. The van der Waals surface area contributed by atoms with E-state index in [0.717, 1.165) is 17.4 Å². The zero-order valence-electron chi connectivity index (χ0n) is 10.5. The van der Waals surface area contributed by atoms with Crippen molar-refractivity contribution in [1.82, 2.24) is 9.66 Å². The summed E-state index contributed by atoms with van der Waals surface area (Å²) >= 11 is 0. The summed E-state index contributed by atoms with van der Waals surface area (Å²) in [5, 5.41) is 0. The molecule has 0 radical (unpaired) electrons. The number of imidazole rings is 1. The Bertz CT molecular complexity index is 419. The van der Waals surface area contributed by atoms with E-state index in [1.165, 1.54) is 38.5 Å². The van der Waals surface area contributed by atoms with E-state index in [1.807, 2.05) is 0 Å². The van der Waals surface area contributed by atoms with Gasteiger partial charge in [0.15, 0.2) is 0 Å². The van der Waals surface area contributed by atoms with Crippen molar-refractivity contribution in [2.24, 2.45) is 5.92 Å². The summed E-state index contributed by atoms with van der Waals surface area (Å²) in [5.74, 6) is 9.61. The highest BCUT2D eigenvalue weighted by Gasteiger charge is 2.32. The molecule has 0 bridgehead atoms. The van der Waals surface area contributed by atoms with Gasteiger partial charge in [-0.1, -0.05) is 19.8 Å². The number of rotatable bonds is 2. The lowest BCUT2D eigenvalue weighted by Gasteiger charge is -2.25. The fourth-order valence-electron chi connectivity index (χ4n) is 3.09. The average Bonchev–Trinajstić information content (AvgIpc) is 3.09. The van der Waals surface area contributed by atoms with Crippen molar-refractivity contribution in [1.29, 1.82) is 0 Å². The lowest BCUT2D eigenvalue weighted by Crippen LogP contribution is -2.16. The van der Waals surface area contributed by atoms with Crippen LogP contribution in [0, 0.1) is 5.92 Å². The Morgan fingerprint density at radius 1 is 1.18 bits per heavy atom. The number of hydrogen-bond acceptors (Lipinski definition) is 3. The second-order valence-electron chi connectivity index (χ2n) is 5.85. The minimum Gasteiger partial charge on any atom is -0.382 e. The molecule has 1 heterocycles. The maximum absolute atomic E-state index is 6.12. The zero-order valence-corrected chi connectivity index (χ0v) is 10.5. The minimum atomic E-state index is 0.529. The number of nitrogens with zero attached hydrogens (tertiary/aromatic N) is 2. The van der Waals surface area contributed by atoms with Gasteiger partial charge in [-0.3, -0.25) is 0 Å². The van der Waals surface area contributed by atoms with E-state index in [1.54, 1.807) is 4.68 Å². The molecule has 2 saturated carbocycles. The van der Waals surface area contributed by atoms with Crippen molar-refractivity contribution in [2.75, 3.05) is 11.6 Å². The molecule has 0 aromatic carbocycles. The molecule has 2 fully saturated rings. The largest absolute Gasteiger partial charge is 0.382 e. The zero-order chi connectivity index (χ0) is 12.0. The van der Waals surface area contributed by atoms with Gasteiger partial charge in [0, 0.05) is 11.8 Å². The molecule has 0 saturated heterocycles. The summed E-state index contributed by atoms with van der Waals surface area (Å²) in [6.07, 6.45) is 7.50. The van der Waals surface area contributed by atoms with Crippen molar-refractivity contribution in [3.63, 3.8) is 0 Å². The van der Waals surface area contributed by atoms with E-state index in [2.05, 4.69) is 6.92 Å². The SMILES string of the molecule is CC1CCCC(c2nc(C3CC3)n(N)c2N)C1. The number of anilines is 1. The number of nitrogen functional groups attached to an aromatic ring is 2. The van der Waals surface area contributed by atoms with Crippen LogP contribution >= 0.6 is 0 Å². The lowest BCUT2D eigenvalue weighted by molar-refractivity contribution is 0.341. The molecule has 4 heteroatoms. The molecule has 1 aromatic rings. The van der Waals surface area contributed by atoms with Crippen molar-refractivity contribution in [2.45, 2.75) is 57.3 Å². The van der Waals surface area contributed by atoms with E-state index in [-0.39, 0.29) is 0 Å². The van der Waals surface area contributed by atoms with Crippen LogP contribution in [0.3, 0.4) is 0 Å². The van der Waals surface area contributed by atoms with Gasteiger partial charge >= 0.3 is 0 Å².